The highest BCUT2D eigenvalue weighted by Gasteiger charge is 2.18. The van der Waals surface area contributed by atoms with Crippen LogP contribution in [0.15, 0.2) is 79.0 Å². The molecule has 1 saturated heterocycles. The molecule has 5 aromatic rings. The van der Waals surface area contributed by atoms with Crippen LogP contribution in [-0.2, 0) is 6.54 Å². The number of aryl methyl sites for hydroxylation is 1. The average molecular weight is 476 g/mol. The van der Waals surface area contributed by atoms with Crippen LogP contribution in [0.4, 0.5) is 11.6 Å². The molecule has 0 unspecified atom stereocenters. The van der Waals surface area contributed by atoms with Crippen LogP contribution in [0.1, 0.15) is 11.3 Å². The molecular weight excluding hydrogens is 446 g/mol. The van der Waals surface area contributed by atoms with Crippen molar-refractivity contribution in [3.63, 3.8) is 0 Å². The molecule has 1 aliphatic rings. The lowest BCUT2D eigenvalue weighted by Crippen LogP contribution is -2.44. The Kier molecular flexibility index (Phi) is 6.05. The van der Waals surface area contributed by atoms with Crippen LogP contribution < -0.4 is 15.5 Å². The molecule has 0 saturated carbocycles. The quantitative estimate of drug-likeness (QED) is 0.320. The van der Waals surface area contributed by atoms with Crippen molar-refractivity contribution in [3.05, 3.63) is 90.3 Å². The van der Waals surface area contributed by atoms with Gasteiger partial charge in [0, 0.05) is 49.4 Å². The third-order valence-corrected chi connectivity index (χ3v) is 6.73. The van der Waals surface area contributed by atoms with Crippen molar-refractivity contribution in [1.82, 2.24) is 25.5 Å². The van der Waals surface area contributed by atoms with Crippen LogP contribution in [0.25, 0.3) is 33.3 Å². The lowest BCUT2D eigenvalue weighted by molar-refractivity contribution is 0.585. The fraction of sp³-hybridized carbons (Fsp3) is 0.207. The van der Waals surface area contributed by atoms with E-state index < -0.39 is 0 Å². The third kappa shape index (κ3) is 4.53. The molecule has 180 valence electrons. The molecule has 3 aromatic carbocycles. The Morgan fingerprint density at radius 3 is 2.44 bits per heavy atom. The van der Waals surface area contributed by atoms with Gasteiger partial charge in [0.15, 0.2) is 11.6 Å². The van der Waals surface area contributed by atoms with E-state index in [4.69, 9.17) is 9.97 Å². The molecule has 0 radical (unpaired) electrons. The van der Waals surface area contributed by atoms with E-state index in [1.165, 1.54) is 16.7 Å². The summed E-state index contributed by atoms with van der Waals surface area (Å²) in [5.41, 5.74) is 7.57. The van der Waals surface area contributed by atoms with Gasteiger partial charge in [-0.3, -0.25) is 5.10 Å². The number of anilines is 2. The van der Waals surface area contributed by atoms with Crippen molar-refractivity contribution in [2.45, 2.75) is 13.5 Å². The normalized spacial score (nSPS) is 13.8. The zero-order valence-electron chi connectivity index (χ0n) is 20.3. The lowest BCUT2D eigenvalue weighted by atomic mass is 10.0. The van der Waals surface area contributed by atoms with Gasteiger partial charge >= 0.3 is 0 Å². The van der Waals surface area contributed by atoms with Crippen LogP contribution in [-0.4, -0.2) is 46.3 Å². The Morgan fingerprint density at radius 1 is 0.889 bits per heavy atom. The molecule has 7 nitrogen and oxygen atoms in total. The van der Waals surface area contributed by atoms with Crippen LogP contribution >= 0.6 is 0 Å². The lowest BCUT2D eigenvalue weighted by Gasteiger charge is -2.30. The predicted octanol–water partition coefficient (Wildman–Crippen LogP) is 5.02. The summed E-state index contributed by atoms with van der Waals surface area (Å²) in [4.78, 5) is 12.3. The summed E-state index contributed by atoms with van der Waals surface area (Å²) in [6, 6.07) is 25.4. The number of nitrogens with zero attached hydrogens (tertiary/aromatic N) is 4. The molecule has 7 heteroatoms. The van der Waals surface area contributed by atoms with E-state index in [2.05, 4.69) is 86.4 Å². The largest absolute Gasteiger partial charge is 0.363 e. The Hall–Kier alpha value is -4.23. The van der Waals surface area contributed by atoms with Gasteiger partial charge in [0.2, 0.25) is 0 Å². The number of rotatable bonds is 6. The molecule has 0 spiro atoms. The van der Waals surface area contributed by atoms with Crippen molar-refractivity contribution in [3.8, 4) is 22.4 Å². The van der Waals surface area contributed by atoms with E-state index in [0.717, 1.165) is 65.7 Å². The highest BCUT2D eigenvalue weighted by atomic mass is 15.3. The van der Waals surface area contributed by atoms with Gasteiger partial charge in [-0.25, -0.2) is 9.97 Å². The Bertz CT molecular complexity index is 1470. The maximum atomic E-state index is 5.10. The molecule has 1 fully saturated rings. The summed E-state index contributed by atoms with van der Waals surface area (Å²) in [5, 5.41) is 15.5. The fourth-order valence-electron chi connectivity index (χ4n) is 4.67. The van der Waals surface area contributed by atoms with Gasteiger partial charge in [0.25, 0.3) is 0 Å². The Balaban J connectivity index is 1.27. The van der Waals surface area contributed by atoms with Crippen molar-refractivity contribution in [1.29, 1.82) is 0 Å². The van der Waals surface area contributed by atoms with Crippen molar-refractivity contribution in [2.24, 2.45) is 0 Å². The van der Waals surface area contributed by atoms with E-state index in [1.807, 2.05) is 25.3 Å². The molecule has 3 heterocycles. The van der Waals surface area contributed by atoms with Gasteiger partial charge in [-0.15, -0.1) is 0 Å². The minimum Gasteiger partial charge on any atom is -0.363 e. The summed E-state index contributed by atoms with van der Waals surface area (Å²) in [7, 11) is 0. The van der Waals surface area contributed by atoms with Gasteiger partial charge in [0.05, 0.1) is 17.4 Å². The molecule has 2 aromatic heterocycles. The molecular formula is C29H29N7. The van der Waals surface area contributed by atoms with Gasteiger partial charge in [0.1, 0.15) is 0 Å². The molecule has 3 N–H and O–H groups in total. The Labute approximate surface area is 210 Å². The van der Waals surface area contributed by atoms with Crippen LogP contribution in [0.3, 0.4) is 0 Å². The van der Waals surface area contributed by atoms with Crippen molar-refractivity contribution in [2.75, 3.05) is 36.4 Å². The minimum atomic E-state index is 0.683. The molecule has 1 aliphatic heterocycles. The van der Waals surface area contributed by atoms with Gasteiger partial charge in [-0.1, -0.05) is 60.7 Å². The van der Waals surface area contributed by atoms with Crippen molar-refractivity contribution < 1.29 is 0 Å². The SMILES string of the molecule is Cc1[nH]nc2ccc(-c3cnc(NCc4ccc(-c5ccccc5)cc4)c(N4CCNCC4)n3)cc12. The molecule has 0 bridgehead atoms. The van der Waals surface area contributed by atoms with Crippen molar-refractivity contribution >= 4 is 22.5 Å². The average Bonchev–Trinajstić information content (AvgIpc) is 3.33. The topological polar surface area (TPSA) is 81.8 Å². The first-order valence-electron chi connectivity index (χ1n) is 12.4. The second-order valence-electron chi connectivity index (χ2n) is 9.16. The predicted molar refractivity (Wildman–Crippen MR) is 146 cm³/mol. The number of H-pyrrole nitrogens is 1. The number of piperazine rings is 1. The van der Waals surface area contributed by atoms with Gasteiger partial charge < -0.3 is 15.5 Å². The summed E-state index contributed by atoms with van der Waals surface area (Å²) >= 11 is 0. The van der Waals surface area contributed by atoms with Crippen LogP contribution in [0, 0.1) is 6.92 Å². The second kappa shape index (κ2) is 9.79. The molecule has 0 atom stereocenters. The third-order valence-electron chi connectivity index (χ3n) is 6.73. The first-order valence-corrected chi connectivity index (χ1v) is 12.4. The molecule has 0 amide bonds. The number of benzene rings is 3. The Morgan fingerprint density at radius 2 is 1.64 bits per heavy atom. The number of aromatic nitrogens is 4. The van der Waals surface area contributed by atoms with E-state index in [0.29, 0.717) is 6.54 Å². The van der Waals surface area contributed by atoms with Gasteiger partial charge in [-0.2, -0.15) is 5.10 Å². The first-order chi connectivity index (χ1) is 17.7. The van der Waals surface area contributed by atoms with E-state index >= 15 is 0 Å². The second-order valence-corrected chi connectivity index (χ2v) is 9.16. The summed E-state index contributed by atoms with van der Waals surface area (Å²) in [6.07, 6.45) is 1.86. The number of hydrogen-bond acceptors (Lipinski definition) is 6. The standard InChI is InChI=1S/C29H29N7/c1-20-25-17-24(11-12-26(25)35-34-20)27-19-32-28(29(33-27)36-15-13-30-14-16-36)31-18-21-7-9-23(10-8-21)22-5-3-2-4-6-22/h2-12,17,19,30H,13-16,18H2,1H3,(H,31,32)(H,34,35). The number of nitrogens with one attached hydrogen (secondary N) is 3. The summed E-state index contributed by atoms with van der Waals surface area (Å²) in [6.45, 7) is 6.40. The van der Waals surface area contributed by atoms with Gasteiger partial charge in [-0.05, 0) is 35.7 Å². The van der Waals surface area contributed by atoms with E-state index in [9.17, 15) is 0 Å². The molecule has 36 heavy (non-hydrogen) atoms. The van der Waals surface area contributed by atoms with E-state index in [1.54, 1.807) is 0 Å². The zero-order chi connectivity index (χ0) is 24.3. The zero-order valence-corrected chi connectivity index (χ0v) is 20.3. The van der Waals surface area contributed by atoms with Crippen LogP contribution in [0.2, 0.25) is 0 Å². The first kappa shape index (κ1) is 22.2. The highest BCUT2D eigenvalue weighted by Crippen LogP contribution is 2.29. The fourth-order valence-corrected chi connectivity index (χ4v) is 4.67. The molecule has 0 aliphatic carbocycles. The number of fused-ring (bicyclic) bond motifs is 1. The maximum absolute atomic E-state index is 5.10. The maximum Gasteiger partial charge on any atom is 0.172 e. The summed E-state index contributed by atoms with van der Waals surface area (Å²) < 4.78 is 0. The van der Waals surface area contributed by atoms with E-state index in [-0.39, 0.29) is 0 Å². The minimum absolute atomic E-state index is 0.683. The van der Waals surface area contributed by atoms with Crippen LogP contribution in [0.5, 0.6) is 0 Å². The molecule has 6 rings (SSSR count). The monoisotopic (exact) mass is 475 g/mol. The smallest absolute Gasteiger partial charge is 0.172 e. The number of aromatic amines is 1. The highest BCUT2D eigenvalue weighted by molar-refractivity contribution is 5.86. The number of hydrogen-bond donors (Lipinski definition) is 3. The summed E-state index contributed by atoms with van der Waals surface area (Å²) in [5.74, 6) is 1.72.